The van der Waals surface area contributed by atoms with Crippen molar-refractivity contribution in [1.29, 1.82) is 0 Å². The number of hydrogen-bond donors (Lipinski definition) is 1. The van der Waals surface area contributed by atoms with Gasteiger partial charge in [0.15, 0.2) is 5.69 Å². The van der Waals surface area contributed by atoms with Crippen LogP contribution in [0, 0.1) is 3.57 Å². The van der Waals surface area contributed by atoms with Gasteiger partial charge in [-0.15, -0.1) is 0 Å². The van der Waals surface area contributed by atoms with Crippen molar-refractivity contribution in [3.8, 4) is 0 Å². The Hall–Kier alpha value is -2.22. The fourth-order valence-electron chi connectivity index (χ4n) is 2.52. The topological polar surface area (TPSA) is 64.0 Å². The summed E-state index contributed by atoms with van der Waals surface area (Å²) < 4.78 is 2.39. The predicted octanol–water partition coefficient (Wildman–Crippen LogP) is 3.66. The minimum atomic E-state index is -0.321. The van der Waals surface area contributed by atoms with E-state index < -0.39 is 0 Å². The summed E-state index contributed by atoms with van der Waals surface area (Å²) in [6.07, 6.45) is 0.767. The smallest absolute Gasteiger partial charge is 0.276 e. The van der Waals surface area contributed by atoms with Crippen molar-refractivity contribution in [3.05, 3.63) is 68.1 Å². The highest BCUT2D eigenvalue weighted by Crippen LogP contribution is 2.17. The van der Waals surface area contributed by atoms with Gasteiger partial charge in [-0.2, -0.15) is 5.10 Å². The van der Waals surface area contributed by atoms with E-state index >= 15 is 0 Å². The maximum absolute atomic E-state index is 12.7. The lowest BCUT2D eigenvalue weighted by Gasteiger charge is -2.11. The normalized spacial score (nSPS) is 10.8. The zero-order valence-corrected chi connectivity index (χ0v) is 15.3. The molecule has 0 spiro atoms. The lowest BCUT2D eigenvalue weighted by atomic mass is 10.1. The fourth-order valence-corrected chi connectivity index (χ4v) is 3.07. The van der Waals surface area contributed by atoms with Crippen LogP contribution in [0.25, 0.3) is 10.8 Å². The van der Waals surface area contributed by atoms with Gasteiger partial charge in [-0.25, -0.2) is 4.68 Å². The Kier molecular flexibility index (Phi) is 4.94. The first-order valence-electron chi connectivity index (χ1n) is 7.67. The number of halogens is 1. The van der Waals surface area contributed by atoms with Crippen LogP contribution in [0.3, 0.4) is 0 Å². The van der Waals surface area contributed by atoms with Crippen molar-refractivity contribution < 1.29 is 4.79 Å². The van der Waals surface area contributed by atoms with E-state index in [0.29, 0.717) is 23.0 Å². The molecule has 1 heterocycles. The lowest BCUT2D eigenvalue weighted by Crippen LogP contribution is -2.27. The van der Waals surface area contributed by atoms with Crippen LogP contribution < -0.4 is 10.9 Å². The number of hydrogen-bond acceptors (Lipinski definition) is 3. The van der Waals surface area contributed by atoms with E-state index in [-0.39, 0.29) is 17.2 Å². The van der Waals surface area contributed by atoms with E-state index in [0.717, 1.165) is 9.99 Å². The second kappa shape index (κ2) is 7.12. The maximum Gasteiger partial charge on any atom is 0.276 e. The average Bonchev–Trinajstić information content (AvgIpc) is 2.57. The molecule has 0 bridgehead atoms. The number of fused-ring (bicyclic) bond motifs is 1. The largest absolute Gasteiger partial charge is 0.321 e. The van der Waals surface area contributed by atoms with Gasteiger partial charge in [0.05, 0.1) is 5.39 Å². The van der Waals surface area contributed by atoms with Gasteiger partial charge in [0, 0.05) is 21.2 Å². The molecule has 24 heavy (non-hydrogen) atoms. The Morgan fingerprint density at radius 3 is 2.62 bits per heavy atom. The number of anilines is 1. The number of nitrogens with one attached hydrogen (secondary N) is 1. The fraction of sp³-hybridized carbons (Fsp3) is 0.167. The van der Waals surface area contributed by atoms with Gasteiger partial charge in [-0.1, -0.05) is 31.2 Å². The quantitative estimate of drug-likeness (QED) is 0.639. The first kappa shape index (κ1) is 16.6. The number of amides is 1. The molecule has 0 unspecified atom stereocenters. The van der Waals surface area contributed by atoms with Crippen LogP contribution in [0.4, 0.5) is 5.69 Å². The third-order valence-corrected chi connectivity index (χ3v) is 4.27. The van der Waals surface area contributed by atoms with Gasteiger partial charge < -0.3 is 5.32 Å². The van der Waals surface area contributed by atoms with Crippen molar-refractivity contribution in [2.45, 2.75) is 19.9 Å². The molecule has 3 rings (SSSR count). The first-order valence-corrected chi connectivity index (χ1v) is 8.75. The van der Waals surface area contributed by atoms with Gasteiger partial charge >= 0.3 is 0 Å². The molecule has 6 heteroatoms. The van der Waals surface area contributed by atoms with Gasteiger partial charge in [0.25, 0.3) is 11.5 Å². The highest BCUT2D eigenvalue weighted by Gasteiger charge is 2.16. The molecule has 0 atom stereocenters. The van der Waals surface area contributed by atoms with E-state index in [1.54, 1.807) is 24.3 Å². The van der Waals surface area contributed by atoms with Gasteiger partial charge in [-0.05, 0) is 53.3 Å². The van der Waals surface area contributed by atoms with Crippen molar-refractivity contribution in [1.82, 2.24) is 9.78 Å². The summed E-state index contributed by atoms with van der Waals surface area (Å²) >= 11 is 2.19. The summed E-state index contributed by atoms with van der Waals surface area (Å²) in [6, 6.07) is 14.6. The summed E-state index contributed by atoms with van der Waals surface area (Å²) in [7, 11) is 0. The molecule has 0 aliphatic heterocycles. The van der Waals surface area contributed by atoms with Crippen LogP contribution in [-0.4, -0.2) is 15.7 Å². The average molecular weight is 433 g/mol. The number of aromatic nitrogens is 2. The van der Waals surface area contributed by atoms with Gasteiger partial charge in [-0.3, -0.25) is 9.59 Å². The van der Waals surface area contributed by atoms with Crippen molar-refractivity contribution in [2.24, 2.45) is 0 Å². The summed E-state index contributed by atoms with van der Waals surface area (Å²) in [6.45, 7) is 2.45. The highest BCUT2D eigenvalue weighted by molar-refractivity contribution is 14.1. The zero-order valence-electron chi connectivity index (χ0n) is 13.1. The summed E-state index contributed by atoms with van der Waals surface area (Å²) in [5, 5.41) is 8.23. The number of carbonyl (C=O) groups excluding carboxylic acids is 1. The second-order valence-corrected chi connectivity index (χ2v) is 6.63. The Morgan fingerprint density at radius 1 is 1.17 bits per heavy atom. The molecule has 0 saturated heterocycles. The Bertz CT molecular complexity index is 966. The standard InChI is InChI=1S/C18H16IN3O2/c1-2-10-22-18(24)15-9-4-3-8-14(15)16(21-22)17(23)20-13-7-5-6-12(19)11-13/h3-9,11H,2,10H2,1H3,(H,20,23). The molecule has 0 fully saturated rings. The molecular weight excluding hydrogens is 417 g/mol. The number of aryl methyl sites for hydroxylation is 1. The van der Waals surface area contributed by atoms with Gasteiger partial charge in [0.1, 0.15) is 0 Å². The zero-order chi connectivity index (χ0) is 17.1. The Labute approximate surface area is 152 Å². The number of rotatable bonds is 4. The van der Waals surface area contributed by atoms with Crippen LogP contribution in [0.2, 0.25) is 0 Å². The third kappa shape index (κ3) is 3.33. The molecule has 1 amide bonds. The minimum absolute atomic E-state index is 0.168. The molecule has 0 radical (unpaired) electrons. The van der Waals surface area contributed by atoms with Crippen molar-refractivity contribution in [3.63, 3.8) is 0 Å². The second-order valence-electron chi connectivity index (χ2n) is 5.39. The number of carbonyl (C=O) groups is 1. The molecule has 1 N–H and O–H groups in total. The van der Waals surface area contributed by atoms with E-state index in [1.165, 1.54) is 4.68 Å². The van der Waals surface area contributed by atoms with Crippen LogP contribution >= 0.6 is 22.6 Å². The highest BCUT2D eigenvalue weighted by atomic mass is 127. The van der Waals surface area contributed by atoms with Crippen LogP contribution in [0.5, 0.6) is 0 Å². The lowest BCUT2D eigenvalue weighted by molar-refractivity contribution is 0.102. The maximum atomic E-state index is 12.7. The van der Waals surface area contributed by atoms with E-state index in [4.69, 9.17) is 0 Å². The van der Waals surface area contributed by atoms with E-state index in [9.17, 15) is 9.59 Å². The van der Waals surface area contributed by atoms with E-state index in [2.05, 4.69) is 33.0 Å². The minimum Gasteiger partial charge on any atom is -0.321 e. The van der Waals surface area contributed by atoms with Crippen molar-refractivity contribution in [2.75, 3.05) is 5.32 Å². The molecule has 0 aliphatic carbocycles. The molecule has 2 aromatic carbocycles. The molecule has 122 valence electrons. The summed E-state index contributed by atoms with van der Waals surface area (Å²) in [5.74, 6) is -0.321. The Morgan fingerprint density at radius 2 is 1.92 bits per heavy atom. The summed E-state index contributed by atoms with van der Waals surface area (Å²) in [5.41, 5.74) is 0.793. The monoisotopic (exact) mass is 433 g/mol. The molecule has 0 aliphatic rings. The Balaban J connectivity index is 2.09. The summed E-state index contributed by atoms with van der Waals surface area (Å²) in [4.78, 5) is 25.2. The number of benzene rings is 2. The van der Waals surface area contributed by atoms with Crippen LogP contribution in [0.1, 0.15) is 23.8 Å². The SMILES string of the molecule is CCCn1nc(C(=O)Nc2cccc(I)c2)c2ccccc2c1=O. The van der Waals surface area contributed by atoms with Gasteiger partial charge in [0.2, 0.25) is 0 Å². The first-order chi connectivity index (χ1) is 11.6. The number of nitrogens with zero attached hydrogens (tertiary/aromatic N) is 2. The molecule has 3 aromatic rings. The molecule has 0 saturated carbocycles. The van der Waals surface area contributed by atoms with E-state index in [1.807, 2.05) is 31.2 Å². The predicted molar refractivity (Wildman–Crippen MR) is 103 cm³/mol. The van der Waals surface area contributed by atoms with Crippen molar-refractivity contribution >= 4 is 45.0 Å². The van der Waals surface area contributed by atoms with Crippen LogP contribution in [-0.2, 0) is 6.54 Å². The molecule has 1 aromatic heterocycles. The molecule has 5 nitrogen and oxygen atoms in total. The van der Waals surface area contributed by atoms with Crippen LogP contribution in [0.15, 0.2) is 53.3 Å². The third-order valence-electron chi connectivity index (χ3n) is 3.60. The molecular formula is C18H16IN3O2.